The first-order valence-electron chi connectivity index (χ1n) is 13.4. The fraction of sp³-hybridized carbons (Fsp3) is 0.375. The third-order valence-electron chi connectivity index (χ3n) is 8.17. The molecule has 4 nitrogen and oxygen atoms in total. The number of nitrogens with zero attached hydrogens (tertiary/aromatic N) is 2. The summed E-state index contributed by atoms with van der Waals surface area (Å²) in [5.41, 5.74) is 8.73. The van der Waals surface area contributed by atoms with Crippen molar-refractivity contribution in [3.8, 4) is 0 Å². The smallest absolute Gasteiger partial charge is 0.313 e. The van der Waals surface area contributed by atoms with Gasteiger partial charge in [-0.1, -0.05) is 53.0 Å². The number of rotatable bonds is 6. The van der Waals surface area contributed by atoms with Crippen LogP contribution >= 0.6 is 23.2 Å². The molecule has 6 heteroatoms. The average Bonchev–Trinajstić information content (AvgIpc) is 3.06. The van der Waals surface area contributed by atoms with Gasteiger partial charge in [0.15, 0.2) is 0 Å². The van der Waals surface area contributed by atoms with Gasteiger partial charge >= 0.3 is 5.97 Å². The quantitative estimate of drug-likeness (QED) is 0.349. The highest BCUT2D eigenvalue weighted by molar-refractivity contribution is 6.31. The largest absolute Gasteiger partial charge is 0.481 e. The Morgan fingerprint density at radius 3 is 2.50 bits per heavy atom. The summed E-state index contributed by atoms with van der Waals surface area (Å²) in [6.45, 7) is 6.49. The zero-order chi connectivity index (χ0) is 26.9. The lowest BCUT2D eigenvalue weighted by Crippen LogP contribution is -2.32. The Labute approximate surface area is 235 Å². The van der Waals surface area contributed by atoms with Crippen LogP contribution in [0.4, 0.5) is 0 Å². The third kappa shape index (κ3) is 5.54. The van der Waals surface area contributed by atoms with E-state index in [1.807, 2.05) is 36.5 Å². The van der Waals surface area contributed by atoms with E-state index in [9.17, 15) is 9.90 Å². The second kappa shape index (κ2) is 11.2. The predicted molar refractivity (Wildman–Crippen MR) is 155 cm³/mol. The van der Waals surface area contributed by atoms with E-state index < -0.39 is 11.4 Å². The van der Waals surface area contributed by atoms with E-state index >= 15 is 0 Å². The standard InChI is InChI=1S/C32H34Cl2N2O2/c1-32(2,31(37)38)25-10-9-21(28(34)20-25)6-4-16-36-17-13-22(14-18-36)29-27-12-11-26(33)19-24(27)8-7-23-5-3-15-35-30(23)29/h3,5,9-12,15,19-20H,4,6-8,13-14,16-18H2,1-2H3,(H,37,38). The average molecular weight is 550 g/mol. The fourth-order valence-corrected chi connectivity index (χ4v) is 6.15. The highest BCUT2D eigenvalue weighted by Gasteiger charge is 2.30. The van der Waals surface area contributed by atoms with Gasteiger partial charge in [0, 0.05) is 34.9 Å². The van der Waals surface area contributed by atoms with Crippen LogP contribution < -0.4 is 0 Å². The maximum atomic E-state index is 11.6. The van der Waals surface area contributed by atoms with Gasteiger partial charge in [0.2, 0.25) is 0 Å². The molecule has 0 bridgehead atoms. The number of carboxylic acids is 1. The van der Waals surface area contributed by atoms with Crippen LogP contribution in [0.5, 0.6) is 0 Å². The number of aromatic nitrogens is 1. The van der Waals surface area contributed by atoms with Crippen molar-refractivity contribution >= 4 is 34.7 Å². The molecule has 1 N–H and O–H groups in total. The summed E-state index contributed by atoms with van der Waals surface area (Å²) >= 11 is 12.9. The lowest BCUT2D eigenvalue weighted by Gasteiger charge is -2.30. The molecule has 0 unspecified atom stereocenters. The number of pyridine rings is 1. The lowest BCUT2D eigenvalue weighted by atomic mass is 9.84. The van der Waals surface area contributed by atoms with Crippen molar-refractivity contribution in [1.82, 2.24) is 9.88 Å². The molecule has 0 spiro atoms. The molecule has 2 aliphatic rings. The van der Waals surface area contributed by atoms with Gasteiger partial charge in [-0.05, 0) is 111 Å². The van der Waals surface area contributed by atoms with Crippen molar-refractivity contribution in [2.45, 2.75) is 57.8 Å². The molecule has 3 aromatic rings. The van der Waals surface area contributed by atoms with E-state index in [1.54, 1.807) is 13.8 Å². The molecule has 5 rings (SSSR count). The lowest BCUT2D eigenvalue weighted by molar-refractivity contribution is -0.142. The second-order valence-corrected chi connectivity index (χ2v) is 11.8. The molecular formula is C32H34Cl2N2O2. The van der Waals surface area contributed by atoms with E-state index in [1.165, 1.54) is 27.8 Å². The summed E-state index contributed by atoms with van der Waals surface area (Å²) in [6.07, 6.45) is 7.84. The van der Waals surface area contributed by atoms with Gasteiger partial charge in [0.1, 0.15) is 0 Å². The van der Waals surface area contributed by atoms with Gasteiger partial charge in [0.25, 0.3) is 0 Å². The first-order chi connectivity index (χ1) is 18.2. The molecule has 198 valence electrons. The molecule has 0 saturated carbocycles. The monoisotopic (exact) mass is 548 g/mol. The van der Waals surface area contributed by atoms with E-state index in [2.05, 4.69) is 23.1 Å². The van der Waals surface area contributed by atoms with Crippen molar-refractivity contribution in [1.29, 1.82) is 0 Å². The van der Waals surface area contributed by atoms with E-state index in [0.29, 0.717) is 5.02 Å². The first kappa shape index (κ1) is 26.9. The van der Waals surface area contributed by atoms with Gasteiger partial charge < -0.3 is 10.0 Å². The molecule has 1 fully saturated rings. The van der Waals surface area contributed by atoms with Crippen molar-refractivity contribution in [3.05, 3.63) is 104 Å². The van der Waals surface area contributed by atoms with Crippen molar-refractivity contribution < 1.29 is 9.90 Å². The number of fused-ring (bicyclic) bond motifs is 2. The molecule has 1 aliphatic heterocycles. The van der Waals surface area contributed by atoms with Gasteiger partial charge in [-0.15, -0.1) is 0 Å². The first-order valence-corrected chi connectivity index (χ1v) is 14.2. The van der Waals surface area contributed by atoms with E-state index in [-0.39, 0.29) is 0 Å². The van der Waals surface area contributed by atoms with Crippen LogP contribution in [0.1, 0.15) is 66.6 Å². The zero-order valence-corrected chi connectivity index (χ0v) is 23.6. The van der Waals surface area contributed by atoms with Crippen LogP contribution in [0.3, 0.4) is 0 Å². The number of hydrogen-bond donors (Lipinski definition) is 1. The molecule has 2 heterocycles. The Hall–Kier alpha value is -2.66. The molecular weight excluding hydrogens is 515 g/mol. The Morgan fingerprint density at radius 1 is 1.00 bits per heavy atom. The SMILES string of the molecule is CC(C)(C(=O)O)c1ccc(CCCN2CCC(=C3c4ccc(Cl)cc4CCc4cccnc43)CC2)c(Cl)c1. The number of aliphatic carboxylic acids is 1. The predicted octanol–water partition coefficient (Wildman–Crippen LogP) is 7.38. The summed E-state index contributed by atoms with van der Waals surface area (Å²) in [5.74, 6) is -0.851. The summed E-state index contributed by atoms with van der Waals surface area (Å²) < 4.78 is 0. The van der Waals surface area contributed by atoms with Crippen LogP contribution in [-0.4, -0.2) is 40.6 Å². The minimum atomic E-state index is -0.956. The molecule has 0 atom stereocenters. The third-order valence-corrected chi connectivity index (χ3v) is 8.76. The number of aryl methyl sites for hydroxylation is 3. The Bertz CT molecular complexity index is 1390. The molecule has 1 aliphatic carbocycles. The number of piperidine rings is 1. The Kier molecular flexibility index (Phi) is 7.95. The molecule has 38 heavy (non-hydrogen) atoms. The highest BCUT2D eigenvalue weighted by atomic mass is 35.5. The molecule has 0 radical (unpaired) electrons. The highest BCUT2D eigenvalue weighted by Crippen LogP contribution is 2.38. The number of halogens is 2. The van der Waals surface area contributed by atoms with Crippen LogP contribution in [0, 0.1) is 0 Å². The van der Waals surface area contributed by atoms with Gasteiger partial charge in [-0.3, -0.25) is 9.78 Å². The second-order valence-electron chi connectivity index (χ2n) is 11.0. The number of benzene rings is 2. The Morgan fingerprint density at radius 2 is 1.76 bits per heavy atom. The van der Waals surface area contributed by atoms with Crippen molar-refractivity contribution in [3.63, 3.8) is 0 Å². The van der Waals surface area contributed by atoms with Crippen molar-refractivity contribution in [2.24, 2.45) is 0 Å². The van der Waals surface area contributed by atoms with Gasteiger partial charge in [0.05, 0.1) is 11.1 Å². The number of carbonyl (C=O) groups is 1. The molecule has 1 saturated heterocycles. The molecule has 0 amide bonds. The Balaban J connectivity index is 1.26. The topological polar surface area (TPSA) is 53.4 Å². The fourth-order valence-electron chi connectivity index (χ4n) is 5.69. The maximum Gasteiger partial charge on any atom is 0.313 e. The van der Waals surface area contributed by atoms with E-state index in [4.69, 9.17) is 28.2 Å². The number of hydrogen-bond acceptors (Lipinski definition) is 3. The van der Waals surface area contributed by atoms with Crippen molar-refractivity contribution in [2.75, 3.05) is 19.6 Å². The molecule has 2 aromatic carbocycles. The summed E-state index contributed by atoms with van der Waals surface area (Å²) in [6, 6.07) is 16.3. The van der Waals surface area contributed by atoms with Crippen LogP contribution in [0.25, 0.3) is 5.57 Å². The number of carboxylic acid groups (broad SMARTS) is 1. The summed E-state index contributed by atoms with van der Waals surface area (Å²) in [5, 5.41) is 11.0. The van der Waals surface area contributed by atoms with E-state index in [0.717, 1.165) is 80.0 Å². The maximum absolute atomic E-state index is 11.6. The minimum Gasteiger partial charge on any atom is -0.481 e. The summed E-state index contributed by atoms with van der Waals surface area (Å²) in [4.78, 5) is 19.0. The number of likely N-dealkylation sites (tertiary alicyclic amines) is 1. The van der Waals surface area contributed by atoms with Gasteiger partial charge in [-0.2, -0.15) is 0 Å². The van der Waals surface area contributed by atoms with Crippen LogP contribution in [-0.2, 0) is 29.5 Å². The van der Waals surface area contributed by atoms with Crippen LogP contribution in [0.15, 0.2) is 60.3 Å². The van der Waals surface area contributed by atoms with Gasteiger partial charge in [-0.25, -0.2) is 0 Å². The molecule has 1 aromatic heterocycles. The summed E-state index contributed by atoms with van der Waals surface area (Å²) in [7, 11) is 0. The zero-order valence-electron chi connectivity index (χ0n) is 22.1. The van der Waals surface area contributed by atoms with Crippen LogP contribution in [0.2, 0.25) is 10.0 Å². The minimum absolute atomic E-state index is 0.654. The normalized spacial score (nSPS) is 16.1.